The summed E-state index contributed by atoms with van der Waals surface area (Å²) in [5.74, 6) is -0.541. The number of imidazole rings is 1. The lowest BCUT2D eigenvalue weighted by molar-refractivity contribution is 0.102. The van der Waals surface area contributed by atoms with Crippen molar-refractivity contribution in [1.29, 1.82) is 0 Å². The van der Waals surface area contributed by atoms with Crippen molar-refractivity contribution < 1.29 is 9.18 Å². The molecule has 0 spiro atoms. The van der Waals surface area contributed by atoms with Gasteiger partial charge in [-0.3, -0.25) is 10.1 Å². The molecule has 0 bridgehead atoms. The second kappa shape index (κ2) is 6.10. The molecule has 0 atom stereocenters. The number of fused-ring (bicyclic) bond motifs is 1. The molecule has 0 aliphatic rings. The quantitative estimate of drug-likeness (QED) is 0.602. The topological polar surface area (TPSA) is 59.3 Å². The molecule has 0 aliphatic carbocycles. The molecule has 4 rings (SSSR count). The molecule has 4 aromatic rings. The van der Waals surface area contributed by atoms with Crippen LogP contribution in [-0.2, 0) is 0 Å². The van der Waals surface area contributed by atoms with Gasteiger partial charge < -0.3 is 4.40 Å². The van der Waals surface area contributed by atoms with Crippen LogP contribution < -0.4 is 5.32 Å². The number of nitrogens with one attached hydrogen (secondary N) is 1. The summed E-state index contributed by atoms with van der Waals surface area (Å²) in [4.78, 5) is 21.2. The maximum Gasteiger partial charge on any atom is 0.257 e. The Morgan fingerprint density at radius 3 is 2.80 bits per heavy atom. The van der Waals surface area contributed by atoms with Crippen molar-refractivity contribution in [2.45, 2.75) is 6.92 Å². The minimum Gasteiger partial charge on any atom is -0.307 e. The van der Waals surface area contributed by atoms with Crippen molar-refractivity contribution in [3.63, 3.8) is 0 Å². The fourth-order valence-corrected chi connectivity index (χ4v) is 3.22. The average molecular weight is 352 g/mol. The average Bonchev–Trinajstić information content (AvgIpc) is 3.20. The number of rotatable bonds is 3. The molecule has 0 radical (unpaired) electrons. The van der Waals surface area contributed by atoms with Gasteiger partial charge in [0.15, 0.2) is 5.13 Å². The highest BCUT2D eigenvalue weighted by Gasteiger charge is 2.11. The van der Waals surface area contributed by atoms with Gasteiger partial charge in [-0.25, -0.2) is 14.4 Å². The van der Waals surface area contributed by atoms with E-state index in [4.69, 9.17) is 0 Å². The maximum atomic E-state index is 13.0. The lowest BCUT2D eigenvalue weighted by atomic mass is 10.2. The Bertz CT molecular complexity index is 1070. The van der Waals surface area contributed by atoms with Gasteiger partial charge in [0.05, 0.1) is 11.4 Å². The number of nitrogens with zero attached hydrogens (tertiary/aromatic N) is 3. The summed E-state index contributed by atoms with van der Waals surface area (Å²) in [5.41, 5.74) is 3.61. The van der Waals surface area contributed by atoms with E-state index in [9.17, 15) is 9.18 Å². The van der Waals surface area contributed by atoms with Crippen LogP contribution in [0.25, 0.3) is 16.9 Å². The molecule has 3 aromatic heterocycles. The number of amides is 1. The second-order valence-corrected chi connectivity index (χ2v) is 6.42. The van der Waals surface area contributed by atoms with E-state index in [0.29, 0.717) is 16.4 Å². The normalized spacial score (nSPS) is 11.0. The van der Waals surface area contributed by atoms with Crippen LogP contribution >= 0.6 is 11.3 Å². The van der Waals surface area contributed by atoms with E-state index >= 15 is 0 Å². The zero-order valence-electron chi connectivity index (χ0n) is 13.2. The molecular formula is C18H13FN4OS. The van der Waals surface area contributed by atoms with E-state index in [1.54, 1.807) is 30.5 Å². The molecule has 1 amide bonds. The van der Waals surface area contributed by atoms with Crippen LogP contribution in [0.1, 0.15) is 16.1 Å². The largest absolute Gasteiger partial charge is 0.307 e. The van der Waals surface area contributed by atoms with Crippen molar-refractivity contribution in [2.75, 3.05) is 5.32 Å². The zero-order valence-corrected chi connectivity index (χ0v) is 14.0. The van der Waals surface area contributed by atoms with Gasteiger partial charge in [-0.2, -0.15) is 0 Å². The first-order valence-corrected chi connectivity index (χ1v) is 8.45. The number of anilines is 1. The number of aromatic nitrogens is 3. The molecular weight excluding hydrogens is 339 g/mol. The van der Waals surface area contributed by atoms with Gasteiger partial charge in [0.2, 0.25) is 0 Å². The lowest BCUT2D eigenvalue weighted by Gasteiger charge is -2.02. The molecule has 0 saturated heterocycles. The molecule has 7 heteroatoms. The van der Waals surface area contributed by atoms with Gasteiger partial charge in [0.1, 0.15) is 11.5 Å². The minimum absolute atomic E-state index is 0.247. The Hall–Kier alpha value is -3.06. The number of pyridine rings is 1. The van der Waals surface area contributed by atoms with Crippen molar-refractivity contribution in [2.24, 2.45) is 0 Å². The number of carbonyl (C=O) groups excluding carboxylic acids is 1. The fourth-order valence-electron chi connectivity index (χ4n) is 2.50. The Balaban J connectivity index is 1.54. The van der Waals surface area contributed by atoms with Crippen LogP contribution in [0.3, 0.4) is 0 Å². The first kappa shape index (κ1) is 15.5. The fraction of sp³-hybridized carbons (Fsp3) is 0.0556. The number of hydrogen-bond acceptors (Lipinski definition) is 4. The first-order valence-electron chi connectivity index (χ1n) is 7.57. The highest BCUT2D eigenvalue weighted by Crippen LogP contribution is 2.25. The van der Waals surface area contributed by atoms with Crippen LogP contribution in [0.2, 0.25) is 0 Å². The van der Waals surface area contributed by atoms with E-state index in [0.717, 1.165) is 16.9 Å². The third-order valence-electron chi connectivity index (χ3n) is 3.71. The van der Waals surface area contributed by atoms with Crippen molar-refractivity contribution in [3.8, 4) is 11.3 Å². The highest BCUT2D eigenvalue weighted by atomic mass is 32.1. The monoisotopic (exact) mass is 352 g/mol. The predicted octanol–water partition coefficient (Wildman–Crippen LogP) is 4.16. The summed E-state index contributed by atoms with van der Waals surface area (Å²) in [6.07, 6.45) is 3.70. The van der Waals surface area contributed by atoms with Crippen LogP contribution in [-0.4, -0.2) is 20.3 Å². The Morgan fingerprint density at radius 2 is 2.00 bits per heavy atom. The predicted molar refractivity (Wildman–Crippen MR) is 95.4 cm³/mol. The highest BCUT2D eigenvalue weighted by molar-refractivity contribution is 7.14. The Morgan fingerprint density at radius 1 is 1.20 bits per heavy atom. The van der Waals surface area contributed by atoms with E-state index < -0.39 is 0 Å². The number of thiazole rings is 1. The molecule has 0 saturated carbocycles. The molecule has 3 heterocycles. The van der Waals surface area contributed by atoms with Crippen LogP contribution in [0.15, 0.2) is 54.2 Å². The molecule has 5 nitrogen and oxygen atoms in total. The van der Waals surface area contributed by atoms with Gasteiger partial charge in [-0.1, -0.05) is 0 Å². The van der Waals surface area contributed by atoms with E-state index in [-0.39, 0.29) is 11.7 Å². The number of hydrogen-bond donors (Lipinski definition) is 1. The van der Waals surface area contributed by atoms with E-state index in [2.05, 4.69) is 15.3 Å². The van der Waals surface area contributed by atoms with E-state index in [1.807, 2.05) is 22.9 Å². The lowest BCUT2D eigenvalue weighted by Crippen LogP contribution is -2.12. The van der Waals surface area contributed by atoms with E-state index in [1.165, 1.54) is 23.5 Å². The number of halogens is 1. The van der Waals surface area contributed by atoms with Crippen molar-refractivity contribution in [1.82, 2.24) is 14.4 Å². The number of benzene rings is 1. The summed E-state index contributed by atoms with van der Waals surface area (Å²) in [5, 5.41) is 5.10. The molecule has 1 aromatic carbocycles. The van der Waals surface area contributed by atoms with Gasteiger partial charge >= 0.3 is 0 Å². The molecule has 0 fully saturated rings. The van der Waals surface area contributed by atoms with Crippen molar-refractivity contribution >= 4 is 28.0 Å². The van der Waals surface area contributed by atoms with Crippen LogP contribution in [0.5, 0.6) is 0 Å². The molecule has 25 heavy (non-hydrogen) atoms. The van der Waals surface area contributed by atoms with Crippen molar-refractivity contribution in [3.05, 3.63) is 71.2 Å². The molecule has 124 valence electrons. The third kappa shape index (κ3) is 3.14. The first-order chi connectivity index (χ1) is 12.1. The number of carbonyl (C=O) groups is 1. The van der Waals surface area contributed by atoms with Crippen LogP contribution in [0, 0.1) is 12.7 Å². The van der Waals surface area contributed by atoms with Crippen LogP contribution in [0.4, 0.5) is 9.52 Å². The second-order valence-electron chi connectivity index (χ2n) is 5.56. The standard InChI is InChI=1S/C18H13FN4OS/c1-11-9-23-7-6-13(8-16(23)20-11)17(24)22-18-21-15(10-25-18)12-2-4-14(19)5-3-12/h2-10H,1H3,(H,21,22,24). The Labute approximate surface area is 146 Å². The summed E-state index contributed by atoms with van der Waals surface area (Å²) < 4.78 is 14.9. The van der Waals surface area contributed by atoms with Gasteiger partial charge in [0.25, 0.3) is 5.91 Å². The Kier molecular flexibility index (Phi) is 3.77. The summed E-state index contributed by atoms with van der Waals surface area (Å²) in [7, 11) is 0. The maximum absolute atomic E-state index is 13.0. The molecule has 1 N–H and O–H groups in total. The summed E-state index contributed by atoms with van der Waals surface area (Å²) >= 11 is 1.32. The van der Waals surface area contributed by atoms with Gasteiger partial charge in [-0.05, 0) is 43.3 Å². The number of aryl methyl sites for hydroxylation is 1. The zero-order chi connectivity index (χ0) is 17.4. The summed E-state index contributed by atoms with van der Waals surface area (Å²) in [6, 6.07) is 9.55. The third-order valence-corrected chi connectivity index (χ3v) is 4.47. The smallest absolute Gasteiger partial charge is 0.257 e. The molecule has 0 unspecified atom stereocenters. The summed E-state index contributed by atoms with van der Waals surface area (Å²) in [6.45, 7) is 1.90. The minimum atomic E-state index is -0.294. The van der Waals surface area contributed by atoms with Gasteiger partial charge in [-0.15, -0.1) is 11.3 Å². The SMILES string of the molecule is Cc1cn2ccc(C(=O)Nc3nc(-c4ccc(F)cc4)cs3)cc2n1. The molecule has 0 aliphatic heterocycles. The van der Waals surface area contributed by atoms with Gasteiger partial charge in [0, 0.05) is 28.9 Å².